The van der Waals surface area contributed by atoms with Crippen molar-refractivity contribution in [1.82, 2.24) is 0 Å². The van der Waals surface area contributed by atoms with E-state index in [4.69, 9.17) is 14.9 Å². The van der Waals surface area contributed by atoms with E-state index in [2.05, 4.69) is 15.9 Å². The zero-order valence-corrected chi connectivity index (χ0v) is 10.9. The van der Waals surface area contributed by atoms with E-state index in [0.29, 0.717) is 19.8 Å². The van der Waals surface area contributed by atoms with Gasteiger partial charge in [0.2, 0.25) is 0 Å². The SMILES string of the molecule is NCc1ccoc1COCc1ccc(Br)cc1. The van der Waals surface area contributed by atoms with Crippen molar-refractivity contribution in [3.63, 3.8) is 0 Å². The normalized spacial score (nSPS) is 10.7. The smallest absolute Gasteiger partial charge is 0.133 e. The molecule has 3 nitrogen and oxygen atoms in total. The van der Waals surface area contributed by atoms with E-state index < -0.39 is 0 Å². The second-order valence-electron chi connectivity index (χ2n) is 3.69. The number of hydrogen-bond donors (Lipinski definition) is 1. The molecule has 2 rings (SSSR count). The molecule has 0 aliphatic rings. The third kappa shape index (κ3) is 3.43. The van der Waals surface area contributed by atoms with Crippen molar-refractivity contribution in [3.05, 3.63) is 58.0 Å². The average Bonchev–Trinajstić information content (AvgIpc) is 2.79. The van der Waals surface area contributed by atoms with E-state index in [1.165, 1.54) is 0 Å². The van der Waals surface area contributed by atoms with E-state index in [-0.39, 0.29) is 0 Å². The molecule has 90 valence electrons. The Hall–Kier alpha value is -1.10. The van der Waals surface area contributed by atoms with E-state index in [1.807, 2.05) is 30.3 Å². The number of furan rings is 1. The molecule has 0 fully saturated rings. The lowest BCUT2D eigenvalue weighted by Crippen LogP contribution is -2.00. The maximum atomic E-state index is 5.58. The van der Waals surface area contributed by atoms with E-state index >= 15 is 0 Å². The van der Waals surface area contributed by atoms with Gasteiger partial charge in [0.1, 0.15) is 12.4 Å². The van der Waals surface area contributed by atoms with Gasteiger partial charge in [-0.25, -0.2) is 0 Å². The molecule has 2 N–H and O–H groups in total. The molecule has 1 aromatic carbocycles. The summed E-state index contributed by atoms with van der Waals surface area (Å²) in [6, 6.07) is 9.91. The van der Waals surface area contributed by atoms with Crippen molar-refractivity contribution >= 4 is 15.9 Å². The fourth-order valence-corrected chi connectivity index (χ4v) is 1.78. The van der Waals surface area contributed by atoms with Crippen LogP contribution in [-0.2, 0) is 24.5 Å². The van der Waals surface area contributed by atoms with Crippen LogP contribution in [0.15, 0.2) is 45.5 Å². The van der Waals surface area contributed by atoms with Crippen LogP contribution in [0.4, 0.5) is 0 Å². The quantitative estimate of drug-likeness (QED) is 0.921. The average molecular weight is 296 g/mol. The van der Waals surface area contributed by atoms with Gasteiger partial charge in [-0.15, -0.1) is 0 Å². The Bertz CT molecular complexity index is 465. The lowest BCUT2D eigenvalue weighted by molar-refractivity contribution is 0.0922. The Morgan fingerprint density at radius 3 is 2.59 bits per heavy atom. The first kappa shape index (κ1) is 12.4. The van der Waals surface area contributed by atoms with Crippen LogP contribution in [0.5, 0.6) is 0 Å². The van der Waals surface area contributed by atoms with E-state index in [0.717, 1.165) is 21.4 Å². The van der Waals surface area contributed by atoms with Crippen LogP contribution in [0.25, 0.3) is 0 Å². The minimum atomic E-state index is 0.454. The first-order chi connectivity index (χ1) is 8.29. The number of hydrogen-bond acceptors (Lipinski definition) is 3. The Morgan fingerprint density at radius 2 is 1.88 bits per heavy atom. The lowest BCUT2D eigenvalue weighted by Gasteiger charge is -2.04. The van der Waals surface area contributed by atoms with Crippen molar-refractivity contribution in [3.8, 4) is 0 Å². The molecule has 0 amide bonds. The molecule has 0 radical (unpaired) electrons. The monoisotopic (exact) mass is 295 g/mol. The minimum Gasteiger partial charge on any atom is -0.467 e. The summed E-state index contributed by atoms with van der Waals surface area (Å²) < 4.78 is 11.9. The maximum absolute atomic E-state index is 5.58. The number of halogens is 1. The summed E-state index contributed by atoms with van der Waals surface area (Å²) in [5.41, 5.74) is 7.71. The van der Waals surface area contributed by atoms with Crippen LogP contribution in [0, 0.1) is 0 Å². The predicted octanol–water partition coefficient (Wildman–Crippen LogP) is 3.22. The van der Waals surface area contributed by atoms with Crippen LogP contribution in [0.2, 0.25) is 0 Å². The molecule has 4 heteroatoms. The van der Waals surface area contributed by atoms with Crippen LogP contribution in [-0.4, -0.2) is 0 Å². The summed E-state index contributed by atoms with van der Waals surface area (Å²) in [6.07, 6.45) is 1.64. The summed E-state index contributed by atoms with van der Waals surface area (Å²) in [7, 11) is 0. The summed E-state index contributed by atoms with van der Waals surface area (Å²) >= 11 is 3.39. The topological polar surface area (TPSA) is 48.4 Å². The molecule has 0 aliphatic heterocycles. The van der Waals surface area contributed by atoms with Gasteiger partial charge in [0.25, 0.3) is 0 Å². The molecule has 0 spiro atoms. The van der Waals surface area contributed by atoms with Gasteiger partial charge >= 0.3 is 0 Å². The van der Waals surface area contributed by atoms with Crippen LogP contribution in [0.1, 0.15) is 16.9 Å². The van der Waals surface area contributed by atoms with Crippen molar-refractivity contribution in [2.75, 3.05) is 0 Å². The standard InChI is InChI=1S/C13H14BrNO2/c14-12-3-1-10(2-4-12)8-16-9-13-11(7-15)5-6-17-13/h1-6H,7-9,15H2. The molecule has 1 heterocycles. The summed E-state index contributed by atoms with van der Waals surface area (Å²) in [5.74, 6) is 0.810. The molecular weight excluding hydrogens is 282 g/mol. The third-order valence-electron chi connectivity index (χ3n) is 2.47. The predicted molar refractivity (Wildman–Crippen MR) is 69.2 cm³/mol. The van der Waals surface area contributed by atoms with E-state index in [1.54, 1.807) is 6.26 Å². The van der Waals surface area contributed by atoms with Gasteiger partial charge in [-0.05, 0) is 23.8 Å². The van der Waals surface area contributed by atoms with Gasteiger partial charge in [0.05, 0.1) is 12.9 Å². The zero-order valence-electron chi connectivity index (χ0n) is 9.36. The number of benzene rings is 1. The lowest BCUT2D eigenvalue weighted by atomic mass is 10.2. The molecule has 17 heavy (non-hydrogen) atoms. The van der Waals surface area contributed by atoms with Crippen LogP contribution in [0.3, 0.4) is 0 Å². The third-order valence-corrected chi connectivity index (χ3v) is 3.00. The summed E-state index contributed by atoms with van der Waals surface area (Å²) in [5, 5.41) is 0. The highest BCUT2D eigenvalue weighted by atomic mass is 79.9. The van der Waals surface area contributed by atoms with Crippen molar-refractivity contribution < 1.29 is 9.15 Å². The highest BCUT2D eigenvalue weighted by Crippen LogP contribution is 2.14. The Labute approximate surface area is 109 Å². The van der Waals surface area contributed by atoms with Gasteiger partial charge in [-0.2, -0.15) is 0 Å². The maximum Gasteiger partial charge on any atom is 0.133 e. The van der Waals surface area contributed by atoms with Crippen LogP contribution < -0.4 is 5.73 Å². The Kier molecular flexibility index (Phi) is 4.36. The van der Waals surface area contributed by atoms with Crippen molar-refractivity contribution in [2.24, 2.45) is 5.73 Å². The fraction of sp³-hybridized carbons (Fsp3) is 0.231. The highest BCUT2D eigenvalue weighted by molar-refractivity contribution is 9.10. The Balaban J connectivity index is 1.85. The van der Waals surface area contributed by atoms with Crippen LogP contribution >= 0.6 is 15.9 Å². The molecule has 1 aromatic heterocycles. The Morgan fingerprint density at radius 1 is 1.12 bits per heavy atom. The number of ether oxygens (including phenoxy) is 1. The van der Waals surface area contributed by atoms with Gasteiger partial charge in [-0.1, -0.05) is 28.1 Å². The minimum absolute atomic E-state index is 0.454. The molecule has 0 aliphatic carbocycles. The highest BCUT2D eigenvalue weighted by Gasteiger charge is 2.04. The fourth-order valence-electron chi connectivity index (χ4n) is 1.52. The van der Waals surface area contributed by atoms with Gasteiger partial charge in [0.15, 0.2) is 0 Å². The first-order valence-corrected chi connectivity index (χ1v) is 6.16. The molecular formula is C13H14BrNO2. The van der Waals surface area contributed by atoms with Crippen molar-refractivity contribution in [2.45, 2.75) is 19.8 Å². The molecule has 2 aromatic rings. The first-order valence-electron chi connectivity index (χ1n) is 5.37. The number of rotatable bonds is 5. The molecule has 0 saturated heterocycles. The molecule has 0 bridgehead atoms. The molecule has 0 unspecified atom stereocenters. The second-order valence-corrected chi connectivity index (χ2v) is 4.61. The number of nitrogens with two attached hydrogens (primary N) is 1. The zero-order chi connectivity index (χ0) is 12.1. The van der Waals surface area contributed by atoms with Gasteiger partial charge < -0.3 is 14.9 Å². The van der Waals surface area contributed by atoms with Crippen molar-refractivity contribution in [1.29, 1.82) is 0 Å². The summed E-state index contributed by atoms with van der Waals surface area (Å²) in [6.45, 7) is 1.50. The molecule has 0 saturated carbocycles. The summed E-state index contributed by atoms with van der Waals surface area (Å²) in [4.78, 5) is 0. The van der Waals surface area contributed by atoms with Gasteiger partial charge in [-0.3, -0.25) is 0 Å². The second kappa shape index (κ2) is 6.00. The molecule has 0 atom stereocenters. The largest absolute Gasteiger partial charge is 0.467 e. The van der Waals surface area contributed by atoms with E-state index in [9.17, 15) is 0 Å². The van der Waals surface area contributed by atoms with Gasteiger partial charge in [0, 0.05) is 16.6 Å².